The highest BCUT2D eigenvalue weighted by molar-refractivity contribution is 6.00. The number of benzene rings is 4. The highest BCUT2D eigenvalue weighted by Crippen LogP contribution is 2.25. The number of anilines is 2. The fourth-order valence-electron chi connectivity index (χ4n) is 2.90. The number of fused-ring (bicyclic) bond motifs is 1. The molecule has 0 aliphatic rings. The second-order valence-corrected chi connectivity index (χ2v) is 5.80. The minimum absolute atomic E-state index is 1.03. The lowest BCUT2D eigenvalue weighted by molar-refractivity contribution is 1.09. The van der Waals surface area contributed by atoms with E-state index in [4.69, 9.17) is 5.10 Å². The van der Waals surface area contributed by atoms with Gasteiger partial charge in [-0.1, -0.05) is 78.9 Å². The predicted molar refractivity (Wildman–Crippen MR) is 107 cm³/mol. The van der Waals surface area contributed by atoms with Gasteiger partial charge in [0.15, 0.2) is 0 Å². The summed E-state index contributed by atoms with van der Waals surface area (Å²) in [5, 5.41) is 9.18. The Kier molecular flexibility index (Phi) is 4.25. The van der Waals surface area contributed by atoms with Crippen molar-refractivity contribution in [2.45, 2.75) is 0 Å². The molecule has 0 radical (unpaired) electrons. The number of rotatable bonds is 4. The van der Waals surface area contributed by atoms with Gasteiger partial charge in [0.05, 0.1) is 17.6 Å². The fraction of sp³-hybridized carbons (Fsp3) is 0. The molecule has 2 heteroatoms. The third-order valence-corrected chi connectivity index (χ3v) is 4.14. The largest absolute Gasteiger partial charge is 0.234 e. The second kappa shape index (κ2) is 7.02. The van der Waals surface area contributed by atoms with Gasteiger partial charge >= 0.3 is 0 Å². The SMILES string of the molecule is C(=N/N(c1ccccc1)c1ccccc1)/c1cccc2ccccc12. The van der Waals surface area contributed by atoms with Crippen molar-refractivity contribution in [3.8, 4) is 0 Å². The molecule has 0 fully saturated rings. The Morgan fingerprint density at radius 1 is 0.560 bits per heavy atom. The number of nitrogens with zero attached hydrogens (tertiary/aromatic N) is 2. The summed E-state index contributed by atoms with van der Waals surface area (Å²) in [6.45, 7) is 0. The Morgan fingerprint density at radius 2 is 1.12 bits per heavy atom. The van der Waals surface area contributed by atoms with Gasteiger partial charge in [-0.15, -0.1) is 0 Å². The molecule has 0 saturated carbocycles. The molecular weight excluding hydrogens is 304 g/mol. The first-order valence-electron chi connectivity index (χ1n) is 8.34. The minimum Gasteiger partial charge on any atom is -0.234 e. The van der Waals surface area contributed by atoms with Crippen molar-refractivity contribution in [2.75, 3.05) is 5.01 Å². The lowest BCUT2D eigenvalue weighted by Gasteiger charge is -2.19. The summed E-state index contributed by atoms with van der Waals surface area (Å²) in [6.07, 6.45) is 1.93. The molecule has 25 heavy (non-hydrogen) atoms. The summed E-state index contributed by atoms with van der Waals surface area (Å²) < 4.78 is 0. The summed E-state index contributed by atoms with van der Waals surface area (Å²) in [6, 6.07) is 35.1. The van der Waals surface area contributed by atoms with Crippen LogP contribution >= 0.6 is 0 Å². The number of hydrogen-bond acceptors (Lipinski definition) is 2. The van der Waals surface area contributed by atoms with Crippen LogP contribution < -0.4 is 5.01 Å². The van der Waals surface area contributed by atoms with Crippen LogP contribution in [0.3, 0.4) is 0 Å². The van der Waals surface area contributed by atoms with Crippen molar-refractivity contribution >= 4 is 28.4 Å². The molecule has 0 aromatic heterocycles. The first kappa shape index (κ1) is 15.2. The van der Waals surface area contributed by atoms with Crippen molar-refractivity contribution in [1.29, 1.82) is 0 Å². The molecule has 0 atom stereocenters. The molecule has 0 saturated heterocycles. The van der Waals surface area contributed by atoms with Crippen LogP contribution in [0.4, 0.5) is 11.4 Å². The highest BCUT2D eigenvalue weighted by Gasteiger charge is 2.07. The van der Waals surface area contributed by atoms with Gasteiger partial charge in [0.25, 0.3) is 0 Å². The Morgan fingerprint density at radius 3 is 1.80 bits per heavy atom. The molecule has 2 nitrogen and oxygen atoms in total. The van der Waals surface area contributed by atoms with Gasteiger partial charge in [0.2, 0.25) is 0 Å². The third kappa shape index (κ3) is 3.29. The lowest BCUT2D eigenvalue weighted by atomic mass is 10.1. The summed E-state index contributed by atoms with van der Waals surface area (Å²) in [5.74, 6) is 0. The molecule has 0 spiro atoms. The van der Waals surface area contributed by atoms with E-state index in [1.54, 1.807) is 0 Å². The van der Waals surface area contributed by atoms with Crippen molar-refractivity contribution in [3.63, 3.8) is 0 Å². The van der Waals surface area contributed by atoms with Crippen molar-refractivity contribution < 1.29 is 0 Å². The van der Waals surface area contributed by atoms with E-state index in [1.165, 1.54) is 10.8 Å². The number of hydrazone groups is 1. The van der Waals surface area contributed by atoms with Crippen LogP contribution in [0.25, 0.3) is 10.8 Å². The van der Waals surface area contributed by atoms with Crippen molar-refractivity contribution in [3.05, 3.63) is 109 Å². The summed E-state index contributed by atoms with van der Waals surface area (Å²) in [5.41, 5.74) is 3.17. The first-order chi connectivity index (χ1) is 12.4. The zero-order valence-electron chi connectivity index (χ0n) is 13.8. The standard InChI is InChI=1S/C23H18N2/c1-3-13-21(14-4-1)25(22-15-5-2-6-16-22)24-18-20-12-9-11-19-10-7-8-17-23(19)20/h1-18H/b24-18-. The van der Waals surface area contributed by atoms with E-state index >= 15 is 0 Å². The molecule has 0 aliphatic heterocycles. The van der Waals surface area contributed by atoms with Crippen molar-refractivity contribution in [2.24, 2.45) is 5.10 Å². The number of hydrogen-bond donors (Lipinski definition) is 0. The van der Waals surface area contributed by atoms with E-state index in [-0.39, 0.29) is 0 Å². The van der Waals surface area contributed by atoms with Gasteiger partial charge in [-0.3, -0.25) is 0 Å². The smallest absolute Gasteiger partial charge is 0.0652 e. The molecule has 0 bridgehead atoms. The fourth-order valence-corrected chi connectivity index (χ4v) is 2.90. The first-order valence-corrected chi connectivity index (χ1v) is 8.34. The van der Waals surface area contributed by atoms with E-state index in [2.05, 4.69) is 66.7 Å². The molecule has 4 aromatic carbocycles. The van der Waals surface area contributed by atoms with Gasteiger partial charge in [0.1, 0.15) is 0 Å². The molecule has 0 unspecified atom stereocenters. The van der Waals surface area contributed by atoms with Gasteiger partial charge in [-0.2, -0.15) is 5.10 Å². The average molecular weight is 322 g/mol. The highest BCUT2D eigenvalue weighted by atomic mass is 15.5. The van der Waals surface area contributed by atoms with Crippen LogP contribution in [0.5, 0.6) is 0 Å². The topological polar surface area (TPSA) is 15.6 Å². The van der Waals surface area contributed by atoms with Gasteiger partial charge < -0.3 is 0 Å². The molecule has 4 aromatic rings. The predicted octanol–water partition coefficient (Wildman–Crippen LogP) is 6.01. The molecule has 120 valence electrons. The van der Waals surface area contributed by atoms with E-state index in [9.17, 15) is 0 Å². The molecular formula is C23H18N2. The maximum Gasteiger partial charge on any atom is 0.0652 e. The Hall–Kier alpha value is -3.39. The van der Waals surface area contributed by atoms with Gasteiger partial charge in [0, 0.05) is 5.56 Å². The van der Waals surface area contributed by atoms with Crippen LogP contribution in [0.2, 0.25) is 0 Å². The monoisotopic (exact) mass is 322 g/mol. The van der Waals surface area contributed by atoms with Gasteiger partial charge in [-0.25, -0.2) is 5.01 Å². The summed E-state index contributed by atoms with van der Waals surface area (Å²) in [4.78, 5) is 0. The Labute approximate surface area is 147 Å². The van der Waals surface area contributed by atoms with Crippen LogP contribution in [-0.2, 0) is 0 Å². The molecule has 0 amide bonds. The normalized spacial score (nSPS) is 11.0. The maximum absolute atomic E-state index is 4.79. The van der Waals surface area contributed by atoms with E-state index < -0.39 is 0 Å². The van der Waals surface area contributed by atoms with E-state index in [0.29, 0.717) is 0 Å². The van der Waals surface area contributed by atoms with Crippen LogP contribution in [0.1, 0.15) is 5.56 Å². The molecule has 0 N–H and O–H groups in total. The second-order valence-electron chi connectivity index (χ2n) is 5.80. The summed E-state index contributed by atoms with van der Waals surface area (Å²) >= 11 is 0. The Bertz CT molecular complexity index is 947. The van der Waals surface area contributed by atoms with E-state index in [0.717, 1.165) is 16.9 Å². The van der Waals surface area contributed by atoms with Crippen LogP contribution in [0, 0.1) is 0 Å². The van der Waals surface area contributed by atoms with E-state index in [1.807, 2.05) is 47.6 Å². The summed E-state index contributed by atoms with van der Waals surface area (Å²) in [7, 11) is 0. The number of para-hydroxylation sites is 2. The van der Waals surface area contributed by atoms with Crippen molar-refractivity contribution in [1.82, 2.24) is 0 Å². The lowest BCUT2D eigenvalue weighted by Crippen LogP contribution is -2.09. The third-order valence-electron chi connectivity index (χ3n) is 4.14. The van der Waals surface area contributed by atoms with Crippen LogP contribution in [0.15, 0.2) is 108 Å². The Balaban J connectivity index is 1.77. The molecule has 0 aliphatic carbocycles. The maximum atomic E-state index is 4.79. The van der Waals surface area contributed by atoms with Gasteiger partial charge in [-0.05, 0) is 35.0 Å². The minimum atomic E-state index is 1.03. The average Bonchev–Trinajstić information content (AvgIpc) is 2.70. The molecule has 0 heterocycles. The zero-order chi connectivity index (χ0) is 16.9. The van der Waals surface area contributed by atoms with Crippen LogP contribution in [-0.4, -0.2) is 6.21 Å². The zero-order valence-corrected chi connectivity index (χ0v) is 13.8. The quantitative estimate of drug-likeness (QED) is 0.332. The molecule has 4 rings (SSSR count).